The number of carbonyl (C=O) groups is 1. The first-order valence-corrected chi connectivity index (χ1v) is 5.33. The largest absolute Gasteiger partial charge is 0.481 e. The highest BCUT2D eigenvalue weighted by molar-refractivity contribution is 9.10. The molecule has 0 fully saturated rings. The summed E-state index contributed by atoms with van der Waals surface area (Å²) in [6.07, 6.45) is 0. The molecule has 1 rings (SSSR count). The minimum Gasteiger partial charge on any atom is -0.481 e. The van der Waals surface area contributed by atoms with Gasteiger partial charge < -0.3 is 5.11 Å². The highest BCUT2D eigenvalue weighted by atomic mass is 79.9. The van der Waals surface area contributed by atoms with Crippen molar-refractivity contribution in [3.63, 3.8) is 0 Å². The fourth-order valence-corrected chi connectivity index (χ4v) is 2.26. The Morgan fingerprint density at radius 1 is 1.53 bits per heavy atom. The quantitative estimate of drug-likeness (QED) is 0.898. The molecule has 0 aromatic heterocycles. The van der Waals surface area contributed by atoms with E-state index >= 15 is 0 Å². The first-order valence-electron chi connectivity index (χ1n) is 4.54. The molecule has 1 N–H and O–H groups in total. The van der Waals surface area contributed by atoms with Gasteiger partial charge in [-0.25, -0.2) is 4.39 Å². The standard InChI is InChI=1S/C11H12BrFO2/c1-5-4-8(13)10(12)9(6(5)2)7(3)11(14)15/h4,7H,1-3H3,(H,14,15). The number of halogens is 2. The number of benzene rings is 1. The normalized spacial score (nSPS) is 12.6. The van der Waals surface area contributed by atoms with Gasteiger partial charge in [-0.1, -0.05) is 0 Å². The van der Waals surface area contributed by atoms with E-state index < -0.39 is 17.7 Å². The summed E-state index contributed by atoms with van der Waals surface area (Å²) in [6, 6.07) is 1.40. The minimum atomic E-state index is -0.955. The van der Waals surface area contributed by atoms with Crippen LogP contribution in [-0.2, 0) is 4.79 Å². The maximum absolute atomic E-state index is 13.4. The Morgan fingerprint density at radius 3 is 2.53 bits per heavy atom. The van der Waals surface area contributed by atoms with Crippen LogP contribution in [0, 0.1) is 19.7 Å². The van der Waals surface area contributed by atoms with Crippen molar-refractivity contribution in [2.24, 2.45) is 0 Å². The molecule has 1 aromatic rings. The predicted molar refractivity (Wildman–Crippen MR) is 59.6 cm³/mol. The molecule has 0 aliphatic heterocycles. The fraction of sp³-hybridized carbons (Fsp3) is 0.364. The maximum Gasteiger partial charge on any atom is 0.310 e. The van der Waals surface area contributed by atoms with Crippen LogP contribution < -0.4 is 0 Å². The van der Waals surface area contributed by atoms with E-state index in [9.17, 15) is 9.18 Å². The number of carboxylic acids is 1. The Labute approximate surface area is 96.2 Å². The second-order valence-corrected chi connectivity index (χ2v) is 4.38. The van der Waals surface area contributed by atoms with Gasteiger partial charge in [0.25, 0.3) is 0 Å². The highest BCUT2D eigenvalue weighted by Gasteiger charge is 2.22. The Morgan fingerprint density at radius 2 is 2.07 bits per heavy atom. The van der Waals surface area contributed by atoms with Crippen molar-refractivity contribution >= 4 is 21.9 Å². The number of aryl methyl sites for hydroxylation is 1. The average Bonchev–Trinajstić information content (AvgIpc) is 2.15. The van der Waals surface area contributed by atoms with E-state index in [1.54, 1.807) is 20.8 Å². The Kier molecular flexibility index (Phi) is 3.50. The van der Waals surface area contributed by atoms with Crippen LogP contribution >= 0.6 is 15.9 Å². The zero-order valence-electron chi connectivity index (χ0n) is 8.77. The van der Waals surface area contributed by atoms with Gasteiger partial charge >= 0.3 is 5.97 Å². The first kappa shape index (κ1) is 12.2. The molecule has 15 heavy (non-hydrogen) atoms. The van der Waals surface area contributed by atoms with E-state index in [1.165, 1.54) is 6.07 Å². The lowest BCUT2D eigenvalue weighted by Crippen LogP contribution is -2.11. The molecule has 0 heterocycles. The van der Waals surface area contributed by atoms with E-state index in [0.717, 1.165) is 11.1 Å². The van der Waals surface area contributed by atoms with Crippen LogP contribution in [0.2, 0.25) is 0 Å². The zero-order chi connectivity index (χ0) is 11.7. The van der Waals surface area contributed by atoms with Gasteiger partial charge in [-0.3, -0.25) is 4.79 Å². The van der Waals surface area contributed by atoms with Crippen LogP contribution in [0.5, 0.6) is 0 Å². The summed E-state index contributed by atoms with van der Waals surface area (Å²) in [6.45, 7) is 5.12. The summed E-state index contributed by atoms with van der Waals surface area (Å²) in [5.74, 6) is -2.08. The summed E-state index contributed by atoms with van der Waals surface area (Å²) in [4.78, 5) is 10.9. The number of hydrogen-bond donors (Lipinski definition) is 1. The SMILES string of the molecule is Cc1cc(F)c(Br)c(C(C)C(=O)O)c1C. The van der Waals surface area contributed by atoms with E-state index in [2.05, 4.69) is 15.9 Å². The predicted octanol–water partition coefficient (Wildman–Crippen LogP) is 3.39. The average molecular weight is 275 g/mol. The monoisotopic (exact) mass is 274 g/mol. The molecule has 0 saturated carbocycles. The van der Waals surface area contributed by atoms with E-state index in [-0.39, 0.29) is 4.47 Å². The van der Waals surface area contributed by atoms with Gasteiger partial charge in [0.05, 0.1) is 10.4 Å². The van der Waals surface area contributed by atoms with Crippen molar-refractivity contribution in [3.05, 3.63) is 33.0 Å². The van der Waals surface area contributed by atoms with Gasteiger partial charge in [-0.2, -0.15) is 0 Å². The molecule has 0 amide bonds. The van der Waals surface area contributed by atoms with Gasteiger partial charge in [0, 0.05) is 0 Å². The third-order valence-electron chi connectivity index (χ3n) is 2.59. The molecule has 4 heteroatoms. The van der Waals surface area contributed by atoms with Crippen LogP contribution in [0.25, 0.3) is 0 Å². The van der Waals surface area contributed by atoms with Gasteiger partial charge in [-0.15, -0.1) is 0 Å². The molecule has 0 spiro atoms. The Hall–Kier alpha value is -0.900. The third kappa shape index (κ3) is 2.20. The van der Waals surface area contributed by atoms with E-state index in [0.29, 0.717) is 5.56 Å². The summed E-state index contributed by atoms with van der Waals surface area (Å²) >= 11 is 3.10. The smallest absolute Gasteiger partial charge is 0.310 e. The number of rotatable bonds is 2. The molecule has 82 valence electrons. The molecule has 1 atom stereocenters. The lowest BCUT2D eigenvalue weighted by atomic mass is 9.93. The fourth-order valence-electron chi connectivity index (χ4n) is 1.51. The highest BCUT2D eigenvalue weighted by Crippen LogP contribution is 2.32. The molecular formula is C11H12BrFO2. The van der Waals surface area contributed by atoms with Gasteiger partial charge in [-0.05, 0) is 59.5 Å². The first-order chi connectivity index (χ1) is 6.86. The number of carboxylic acid groups (broad SMARTS) is 1. The second kappa shape index (κ2) is 4.31. The minimum absolute atomic E-state index is 0.250. The van der Waals surface area contributed by atoms with Gasteiger partial charge in [0.1, 0.15) is 5.82 Å². The third-order valence-corrected chi connectivity index (χ3v) is 3.39. The van der Waals surface area contributed by atoms with Crippen molar-refractivity contribution in [1.29, 1.82) is 0 Å². The van der Waals surface area contributed by atoms with Crippen molar-refractivity contribution in [2.45, 2.75) is 26.7 Å². The van der Waals surface area contributed by atoms with Gasteiger partial charge in [0.2, 0.25) is 0 Å². The van der Waals surface area contributed by atoms with Crippen molar-refractivity contribution in [1.82, 2.24) is 0 Å². The van der Waals surface area contributed by atoms with Crippen molar-refractivity contribution in [2.75, 3.05) is 0 Å². The van der Waals surface area contributed by atoms with Crippen LogP contribution in [0.15, 0.2) is 10.5 Å². The molecule has 2 nitrogen and oxygen atoms in total. The lowest BCUT2D eigenvalue weighted by molar-refractivity contribution is -0.138. The van der Waals surface area contributed by atoms with E-state index in [1.807, 2.05) is 0 Å². The Balaban J connectivity index is 3.45. The van der Waals surface area contributed by atoms with Gasteiger partial charge in [0.15, 0.2) is 0 Å². The maximum atomic E-state index is 13.4. The van der Waals surface area contributed by atoms with Crippen LogP contribution in [0.1, 0.15) is 29.5 Å². The lowest BCUT2D eigenvalue weighted by Gasteiger charge is -2.15. The topological polar surface area (TPSA) is 37.3 Å². The molecular weight excluding hydrogens is 263 g/mol. The molecule has 0 saturated heterocycles. The molecule has 0 aliphatic carbocycles. The summed E-state index contributed by atoms with van der Waals surface area (Å²) in [5.41, 5.74) is 2.09. The summed E-state index contributed by atoms with van der Waals surface area (Å²) in [7, 11) is 0. The van der Waals surface area contributed by atoms with E-state index in [4.69, 9.17) is 5.11 Å². The second-order valence-electron chi connectivity index (χ2n) is 3.59. The van der Waals surface area contributed by atoms with Crippen LogP contribution in [0.4, 0.5) is 4.39 Å². The molecule has 0 bridgehead atoms. The van der Waals surface area contributed by atoms with Crippen molar-refractivity contribution < 1.29 is 14.3 Å². The van der Waals surface area contributed by atoms with Crippen LogP contribution in [-0.4, -0.2) is 11.1 Å². The molecule has 1 aromatic carbocycles. The molecule has 0 aliphatic rings. The van der Waals surface area contributed by atoms with Crippen LogP contribution in [0.3, 0.4) is 0 Å². The Bertz CT molecular complexity index is 389. The molecule has 1 unspecified atom stereocenters. The van der Waals surface area contributed by atoms with Crippen molar-refractivity contribution in [3.8, 4) is 0 Å². The number of hydrogen-bond acceptors (Lipinski definition) is 1. The zero-order valence-corrected chi connectivity index (χ0v) is 10.4. The number of aliphatic carboxylic acids is 1. The summed E-state index contributed by atoms with van der Waals surface area (Å²) in [5, 5.41) is 8.92. The summed E-state index contributed by atoms with van der Waals surface area (Å²) < 4.78 is 13.7. The molecule has 0 radical (unpaired) electrons.